The van der Waals surface area contributed by atoms with E-state index < -0.39 is 0 Å². The zero-order valence-corrected chi connectivity index (χ0v) is 13.5. The lowest BCUT2D eigenvalue weighted by Gasteiger charge is -2.04. The number of aryl methyl sites for hydroxylation is 1. The molecule has 0 aliphatic carbocycles. The van der Waals surface area contributed by atoms with Gasteiger partial charge in [-0.15, -0.1) is 0 Å². The van der Waals surface area contributed by atoms with E-state index in [2.05, 4.69) is 43.3 Å². The van der Waals surface area contributed by atoms with Crippen LogP contribution in [0.3, 0.4) is 0 Å². The highest BCUT2D eigenvalue weighted by atomic mass is 16.5. The van der Waals surface area contributed by atoms with Crippen LogP contribution in [0.2, 0.25) is 0 Å². The summed E-state index contributed by atoms with van der Waals surface area (Å²) in [6, 6.07) is 20.6. The summed E-state index contributed by atoms with van der Waals surface area (Å²) in [7, 11) is 0. The van der Waals surface area contributed by atoms with Crippen molar-refractivity contribution < 1.29 is 9.15 Å². The Morgan fingerprint density at radius 1 is 0.913 bits per heavy atom. The van der Waals surface area contributed by atoms with E-state index >= 15 is 0 Å². The van der Waals surface area contributed by atoms with Crippen LogP contribution < -0.4 is 0 Å². The SMILES string of the molecule is Cc1c(-c2ccccc2)coc1CCCOCc1ccccc1. The molecular weight excluding hydrogens is 284 g/mol. The quantitative estimate of drug-likeness (QED) is 0.545. The van der Waals surface area contributed by atoms with E-state index in [0.717, 1.165) is 25.2 Å². The summed E-state index contributed by atoms with van der Waals surface area (Å²) in [6.07, 6.45) is 3.74. The Balaban J connectivity index is 1.49. The van der Waals surface area contributed by atoms with Crippen LogP contribution in [0.25, 0.3) is 11.1 Å². The summed E-state index contributed by atoms with van der Waals surface area (Å²) in [5, 5.41) is 0. The molecule has 23 heavy (non-hydrogen) atoms. The third-order valence-electron chi connectivity index (χ3n) is 4.03. The van der Waals surface area contributed by atoms with E-state index in [1.54, 1.807) is 0 Å². The van der Waals surface area contributed by atoms with Crippen molar-refractivity contribution in [1.82, 2.24) is 0 Å². The van der Waals surface area contributed by atoms with Gasteiger partial charge in [-0.25, -0.2) is 0 Å². The molecule has 0 amide bonds. The molecule has 118 valence electrons. The maximum Gasteiger partial charge on any atom is 0.107 e. The van der Waals surface area contributed by atoms with E-state index in [0.29, 0.717) is 6.61 Å². The minimum absolute atomic E-state index is 0.674. The van der Waals surface area contributed by atoms with Crippen molar-refractivity contribution in [3.8, 4) is 11.1 Å². The van der Waals surface area contributed by atoms with E-state index in [9.17, 15) is 0 Å². The molecule has 0 aliphatic heterocycles. The van der Waals surface area contributed by atoms with E-state index in [4.69, 9.17) is 9.15 Å². The lowest BCUT2D eigenvalue weighted by Crippen LogP contribution is -1.97. The number of ether oxygens (including phenoxy) is 1. The minimum Gasteiger partial charge on any atom is -0.468 e. The van der Waals surface area contributed by atoms with Gasteiger partial charge < -0.3 is 9.15 Å². The molecule has 3 rings (SSSR count). The number of hydrogen-bond donors (Lipinski definition) is 0. The first kappa shape index (κ1) is 15.6. The predicted molar refractivity (Wildman–Crippen MR) is 93.3 cm³/mol. The third-order valence-corrected chi connectivity index (χ3v) is 4.03. The Bertz CT molecular complexity index is 714. The molecule has 3 aromatic rings. The zero-order chi connectivity index (χ0) is 15.9. The van der Waals surface area contributed by atoms with E-state index in [1.165, 1.54) is 22.3 Å². The lowest BCUT2D eigenvalue weighted by molar-refractivity contribution is 0.117. The van der Waals surface area contributed by atoms with Gasteiger partial charge in [-0.05, 0) is 30.0 Å². The largest absolute Gasteiger partial charge is 0.468 e. The molecule has 0 saturated carbocycles. The molecule has 0 radical (unpaired) electrons. The molecule has 0 spiro atoms. The molecule has 1 heterocycles. The van der Waals surface area contributed by atoms with Crippen molar-refractivity contribution in [2.75, 3.05) is 6.61 Å². The molecular formula is C21H22O2. The van der Waals surface area contributed by atoms with Crippen LogP contribution in [0.1, 0.15) is 23.3 Å². The number of furan rings is 1. The fraction of sp³-hybridized carbons (Fsp3) is 0.238. The first-order valence-electron chi connectivity index (χ1n) is 8.08. The second-order valence-corrected chi connectivity index (χ2v) is 5.71. The standard InChI is InChI=1S/C21H22O2/c1-17-20(19-11-6-3-7-12-19)16-23-21(17)13-8-14-22-15-18-9-4-2-5-10-18/h2-7,9-12,16H,8,13-15H2,1H3. The van der Waals surface area contributed by atoms with Gasteiger partial charge in [-0.1, -0.05) is 60.7 Å². The second-order valence-electron chi connectivity index (χ2n) is 5.71. The molecule has 2 nitrogen and oxygen atoms in total. The van der Waals surface area contributed by atoms with Crippen LogP contribution in [0.15, 0.2) is 71.3 Å². The maximum absolute atomic E-state index is 5.76. The van der Waals surface area contributed by atoms with Crippen LogP contribution in [0.5, 0.6) is 0 Å². The number of rotatable bonds is 7. The molecule has 0 saturated heterocycles. The summed E-state index contributed by atoms with van der Waals surface area (Å²) >= 11 is 0. The van der Waals surface area contributed by atoms with Crippen molar-refractivity contribution in [2.45, 2.75) is 26.4 Å². The van der Waals surface area contributed by atoms with Crippen molar-refractivity contribution in [2.24, 2.45) is 0 Å². The average molecular weight is 306 g/mol. The highest BCUT2D eigenvalue weighted by Gasteiger charge is 2.10. The molecule has 0 fully saturated rings. The number of hydrogen-bond acceptors (Lipinski definition) is 2. The highest BCUT2D eigenvalue weighted by molar-refractivity contribution is 5.66. The third kappa shape index (κ3) is 4.11. The van der Waals surface area contributed by atoms with Gasteiger partial charge >= 0.3 is 0 Å². The second kappa shape index (κ2) is 7.80. The molecule has 0 unspecified atom stereocenters. The van der Waals surface area contributed by atoms with Gasteiger partial charge in [0, 0.05) is 18.6 Å². The van der Waals surface area contributed by atoms with Gasteiger partial charge in [0.25, 0.3) is 0 Å². The van der Waals surface area contributed by atoms with Gasteiger partial charge in [-0.2, -0.15) is 0 Å². The molecule has 0 aliphatic rings. The van der Waals surface area contributed by atoms with Crippen LogP contribution in [0, 0.1) is 6.92 Å². The first-order chi connectivity index (χ1) is 11.3. The van der Waals surface area contributed by atoms with Crippen LogP contribution in [0.4, 0.5) is 0 Å². The Hall–Kier alpha value is -2.32. The summed E-state index contributed by atoms with van der Waals surface area (Å²) in [6.45, 7) is 3.55. The Morgan fingerprint density at radius 2 is 1.61 bits per heavy atom. The molecule has 0 N–H and O–H groups in total. The topological polar surface area (TPSA) is 22.4 Å². The van der Waals surface area contributed by atoms with Crippen molar-refractivity contribution >= 4 is 0 Å². The lowest BCUT2D eigenvalue weighted by atomic mass is 10.0. The fourth-order valence-corrected chi connectivity index (χ4v) is 2.70. The molecule has 0 atom stereocenters. The zero-order valence-electron chi connectivity index (χ0n) is 13.5. The van der Waals surface area contributed by atoms with Crippen molar-refractivity contribution in [3.63, 3.8) is 0 Å². The van der Waals surface area contributed by atoms with Gasteiger partial charge in [0.2, 0.25) is 0 Å². The Morgan fingerprint density at radius 3 is 2.35 bits per heavy atom. The highest BCUT2D eigenvalue weighted by Crippen LogP contribution is 2.28. The van der Waals surface area contributed by atoms with Crippen molar-refractivity contribution in [1.29, 1.82) is 0 Å². The predicted octanol–water partition coefficient (Wildman–Crippen LogP) is 5.40. The molecule has 2 heteroatoms. The van der Waals surface area contributed by atoms with Gasteiger partial charge in [0.05, 0.1) is 12.9 Å². The average Bonchev–Trinajstić information content (AvgIpc) is 2.97. The van der Waals surface area contributed by atoms with Crippen LogP contribution in [-0.4, -0.2) is 6.61 Å². The summed E-state index contributed by atoms with van der Waals surface area (Å²) in [5.74, 6) is 1.06. The van der Waals surface area contributed by atoms with E-state index in [-0.39, 0.29) is 0 Å². The van der Waals surface area contributed by atoms with Crippen molar-refractivity contribution in [3.05, 3.63) is 83.8 Å². The number of benzene rings is 2. The normalized spacial score (nSPS) is 10.8. The van der Waals surface area contributed by atoms with Crippen LogP contribution >= 0.6 is 0 Å². The molecule has 1 aromatic heterocycles. The van der Waals surface area contributed by atoms with Gasteiger partial charge in [0.1, 0.15) is 5.76 Å². The Labute approximate surface area is 137 Å². The van der Waals surface area contributed by atoms with Gasteiger partial charge in [-0.3, -0.25) is 0 Å². The van der Waals surface area contributed by atoms with Crippen LogP contribution in [-0.2, 0) is 17.8 Å². The molecule has 0 bridgehead atoms. The minimum atomic E-state index is 0.674. The summed E-state index contributed by atoms with van der Waals surface area (Å²) < 4.78 is 11.5. The fourth-order valence-electron chi connectivity index (χ4n) is 2.70. The van der Waals surface area contributed by atoms with Gasteiger partial charge in [0.15, 0.2) is 0 Å². The first-order valence-corrected chi connectivity index (χ1v) is 8.08. The maximum atomic E-state index is 5.76. The summed E-state index contributed by atoms with van der Waals surface area (Å²) in [5.41, 5.74) is 4.85. The Kier molecular flexibility index (Phi) is 5.28. The van der Waals surface area contributed by atoms with E-state index in [1.807, 2.05) is 30.5 Å². The molecule has 2 aromatic carbocycles. The smallest absolute Gasteiger partial charge is 0.107 e. The summed E-state index contributed by atoms with van der Waals surface area (Å²) in [4.78, 5) is 0. The monoisotopic (exact) mass is 306 g/mol.